The molecule has 2 aromatic carbocycles. The molecule has 5 nitrogen and oxygen atoms in total. The number of nitrogens with zero attached hydrogens (tertiary/aromatic N) is 1. The van der Waals surface area contributed by atoms with Crippen LogP contribution in [0.4, 0.5) is 5.69 Å². The number of benzene rings is 2. The lowest BCUT2D eigenvalue weighted by Gasteiger charge is -2.25. The van der Waals surface area contributed by atoms with Gasteiger partial charge in [-0.3, -0.25) is 9.10 Å². The Morgan fingerprint density at radius 1 is 1.07 bits per heavy atom. The highest BCUT2D eigenvalue weighted by atomic mass is 35.5. The number of ether oxygens (including phenoxy) is 1. The van der Waals surface area contributed by atoms with Crippen molar-refractivity contribution in [1.29, 1.82) is 0 Å². The fraction of sp³-hybridized carbons (Fsp3) is 0.278. The number of esters is 1. The topological polar surface area (TPSA) is 63.7 Å². The Morgan fingerprint density at radius 3 is 2.30 bits per heavy atom. The molecular weight excluding hydrogens is 433 g/mol. The number of rotatable bonds is 6. The SMILES string of the molecule is Cc1cc(N(CC(=O)OC(C)C)S(=O)(=O)c2cc(Cl)ccc2Cl)ccc1Cl. The third-order valence-corrected chi connectivity index (χ3v) is 6.45. The average molecular weight is 451 g/mol. The first-order chi connectivity index (χ1) is 12.5. The predicted octanol–water partition coefficient (Wildman–Crippen LogP) is 5.10. The van der Waals surface area contributed by atoms with Gasteiger partial charge in [-0.25, -0.2) is 8.42 Å². The third kappa shape index (κ3) is 5.29. The first kappa shape index (κ1) is 21.8. The Morgan fingerprint density at radius 2 is 1.70 bits per heavy atom. The van der Waals surface area contributed by atoms with E-state index in [1.807, 2.05) is 0 Å². The highest BCUT2D eigenvalue weighted by molar-refractivity contribution is 7.93. The number of carbonyl (C=O) groups excluding carboxylic acids is 1. The molecule has 9 heteroatoms. The van der Waals surface area contributed by atoms with E-state index in [2.05, 4.69) is 0 Å². The molecule has 0 unspecified atom stereocenters. The van der Waals surface area contributed by atoms with E-state index in [4.69, 9.17) is 39.5 Å². The van der Waals surface area contributed by atoms with Crippen molar-refractivity contribution in [3.05, 3.63) is 57.0 Å². The summed E-state index contributed by atoms with van der Waals surface area (Å²) in [6.45, 7) is 4.56. The number of hydrogen-bond donors (Lipinski definition) is 0. The van der Waals surface area contributed by atoms with Crippen LogP contribution in [0.2, 0.25) is 15.1 Å². The number of carbonyl (C=O) groups is 1. The van der Waals surface area contributed by atoms with Crippen molar-refractivity contribution >= 4 is 56.5 Å². The Balaban J connectivity index is 2.58. The van der Waals surface area contributed by atoms with Crippen molar-refractivity contribution in [3.63, 3.8) is 0 Å². The highest BCUT2D eigenvalue weighted by Gasteiger charge is 2.30. The summed E-state index contributed by atoms with van der Waals surface area (Å²) in [5.41, 5.74) is 0.914. The summed E-state index contributed by atoms with van der Waals surface area (Å²) < 4.78 is 32.6. The van der Waals surface area contributed by atoms with Gasteiger partial charge in [0.15, 0.2) is 0 Å². The first-order valence-corrected chi connectivity index (χ1v) is 10.5. The van der Waals surface area contributed by atoms with E-state index >= 15 is 0 Å². The maximum atomic E-state index is 13.3. The minimum Gasteiger partial charge on any atom is -0.462 e. The van der Waals surface area contributed by atoms with Crippen molar-refractivity contribution in [2.24, 2.45) is 0 Å². The van der Waals surface area contributed by atoms with Gasteiger partial charge in [0.05, 0.1) is 16.8 Å². The third-order valence-electron chi connectivity index (χ3n) is 3.53. The van der Waals surface area contributed by atoms with Crippen LogP contribution in [0.25, 0.3) is 0 Å². The molecular formula is C18H18Cl3NO4S. The molecule has 146 valence electrons. The van der Waals surface area contributed by atoms with Gasteiger partial charge in [0.25, 0.3) is 10.0 Å². The summed E-state index contributed by atoms with van der Waals surface area (Å²) in [6.07, 6.45) is -0.385. The lowest BCUT2D eigenvalue weighted by molar-refractivity contribution is -0.145. The quantitative estimate of drug-likeness (QED) is 0.574. The second-order valence-electron chi connectivity index (χ2n) is 6.06. The van der Waals surface area contributed by atoms with E-state index in [0.29, 0.717) is 10.6 Å². The molecule has 0 spiro atoms. The van der Waals surface area contributed by atoms with E-state index in [1.54, 1.807) is 32.9 Å². The Hall–Kier alpha value is -1.47. The Labute approximate surface area is 173 Å². The van der Waals surface area contributed by atoms with Crippen molar-refractivity contribution in [2.75, 3.05) is 10.8 Å². The smallest absolute Gasteiger partial charge is 0.327 e. The molecule has 0 aromatic heterocycles. The van der Waals surface area contributed by atoms with Crippen molar-refractivity contribution in [2.45, 2.75) is 31.8 Å². The summed E-state index contributed by atoms with van der Waals surface area (Å²) in [7, 11) is -4.19. The standard InChI is InChI=1S/C18H18Cl3NO4S/c1-11(2)26-18(23)10-22(14-5-7-15(20)12(3)8-14)27(24,25)17-9-13(19)4-6-16(17)21/h4-9,11H,10H2,1-3H3. The number of hydrogen-bond acceptors (Lipinski definition) is 4. The molecule has 0 heterocycles. The lowest BCUT2D eigenvalue weighted by atomic mass is 10.2. The van der Waals surface area contributed by atoms with Crippen molar-refractivity contribution in [3.8, 4) is 0 Å². The largest absolute Gasteiger partial charge is 0.462 e. The maximum Gasteiger partial charge on any atom is 0.327 e. The molecule has 0 atom stereocenters. The fourth-order valence-corrected chi connectivity index (χ4v) is 4.57. The van der Waals surface area contributed by atoms with Crippen molar-refractivity contribution < 1.29 is 17.9 Å². The van der Waals surface area contributed by atoms with E-state index < -0.39 is 22.5 Å². The predicted molar refractivity (Wildman–Crippen MR) is 108 cm³/mol. The van der Waals surface area contributed by atoms with Crippen LogP contribution >= 0.6 is 34.8 Å². The summed E-state index contributed by atoms with van der Waals surface area (Å²) in [5.74, 6) is -0.695. The molecule has 0 aliphatic heterocycles. The molecule has 27 heavy (non-hydrogen) atoms. The molecule has 0 aliphatic carbocycles. The number of anilines is 1. The van der Waals surface area contributed by atoms with Crippen LogP contribution in [0, 0.1) is 6.92 Å². The van der Waals surface area contributed by atoms with Gasteiger partial charge >= 0.3 is 5.97 Å². The lowest BCUT2D eigenvalue weighted by Crippen LogP contribution is -2.37. The average Bonchev–Trinajstić information content (AvgIpc) is 2.56. The molecule has 0 bridgehead atoms. The van der Waals surface area contributed by atoms with Gasteiger partial charge in [0, 0.05) is 10.0 Å². The van der Waals surface area contributed by atoms with Gasteiger partial charge in [-0.05, 0) is 62.7 Å². The van der Waals surface area contributed by atoms with Crippen LogP contribution in [0.15, 0.2) is 41.3 Å². The highest BCUT2D eigenvalue weighted by Crippen LogP contribution is 2.32. The zero-order chi connectivity index (χ0) is 20.4. The summed E-state index contributed by atoms with van der Waals surface area (Å²) in [5, 5.41) is 0.670. The van der Waals surface area contributed by atoms with Crippen LogP contribution < -0.4 is 4.31 Å². The molecule has 2 aromatic rings. The fourth-order valence-electron chi connectivity index (χ4n) is 2.31. The summed E-state index contributed by atoms with van der Waals surface area (Å²) >= 11 is 18.1. The zero-order valence-electron chi connectivity index (χ0n) is 14.9. The van der Waals surface area contributed by atoms with E-state index in [-0.39, 0.29) is 26.7 Å². The minimum absolute atomic E-state index is 0.00712. The van der Waals surface area contributed by atoms with E-state index in [1.165, 1.54) is 24.3 Å². The van der Waals surface area contributed by atoms with Gasteiger partial charge in [0.1, 0.15) is 11.4 Å². The van der Waals surface area contributed by atoms with Crippen LogP contribution in [0.3, 0.4) is 0 Å². The normalized spacial score (nSPS) is 11.5. The molecule has 0 amide bonds. The van der Waals surface area contributed by atoms with Gasteiger partial charge < -0.3 is 4.74 Å². The zero-order valence-corrected chi connectivity index (χ0v) is 18.0. The van der Waals surface area contributed by atoms with Crippen LogP contribution in [0.5, 0.6) is 0 Å². The van der Waals surface area contributed by atoms with Gasteiger partial charge in [-0.1, -0.05) is 34.8 Å². The molecule has 0 radical (unpaired) electrons. The Bertz CT molecular complexity index is 961. The first-order valence-electron chi connectivity index (χ1n) is 7.96. The van der Waals surface area contributed by atoms with Gasteiger partial charge in [0.2, 0.25) is 0 Å². The molecule has 0 aliphatic rings. The molecule has 0 saturated carbocycles. The van der Waals surface area contributed by atoms with Gasteiger partial charge in [-0.2, -0.15) is 0 Å². The van der Waals surface area contributed by atoms with E-state index in [0.717, 1.165) is 4.31 Å². The molecule has 0 fully saturated rings. The van der Waals surface area contributed by atoms with Crippen LogP contribution in [-0.4, -0.2) is 27.0 Å². The molecule has 0 N–H and O–H groups in total. The van der Waals surface area contributed by atoms with Gasteiger partial charge in [-0.15, -0.1) is 0 Å². The summed E-state index contributed by atoms with van der Waals surface area (Å²) in [6, 6.07) is 8.74. The molecule has 0 saturated heterocycles. The van der Waals surface area contributed by atoms with Crippen LogP contribution in [-0.2, 0) is 19.6 Å². The second-order valence-corrected chi connectivity index (χ2v) is 9.14. The number of halogens is 3. The molecule has 2 rings (SSSR count). The second kappa shape index (κ2) is 8.69. The van der Waals surface area contributed by atoms with E-state index in [9.17, 15) is 13.2 Å². The number of sulfonamides is 1. The number of aryl methyl sites for hydroxylation is 1. The Kier molecular flexibility index (Phi) is 7.03. The minimum atomic E-state index is -4.19. The van der Waals surface area contributed by atoms with Crippen LogP contribution in [0.1, 0.15) is 19.4 Å². The maximum absolute atomic E-state index is 13.3. The summed E-state index contributed by atoms with van der Waals surface area (Å²) in [4.78, 5) is 12.0. The van der Waals surface area contributed by atoms with Crippen molar-refractivity contribution in [1.82, 2.24) is 0 Å². The monoisotopic (exact) mass is 449 g/mol.